The number of ether oxygens (including phenoxy) is 2. The van der Waals surface area contributed by atoms with Gasteiger partial charge in [0.2, 0.25) is 5.91 Å². The first kappa shape index (κ1) is 28.6. The molecule has 10 heteroatoms. The third kappa shape index (κ3) is 5.79. The Balaban J connectivity index is 2.02. The molecule has 0 spiro atoms. The highest BCUT2D eigenvalue weighted by Crippen LogP contribution is 2.45. The van der Waals surface area contributed by atoms with Crippen LogP contribution < -0.4 is 9.64 Å². The van der Waals surface area contributed by atoms with Crippen LogP contribution >= 0.6 is 11.8 Å². The van der Waals surface area contributed by atoms with Crippen molar-refractivity contribution in [1.82, 2.24) is 9.80 Å². The van der Waals surface area contributed by atoms with Crippen LogP contribution in [-0.4, -0.2) is 75.0 Å². The minimum Gasteiger partial charge on any atom is -0.497 e. The number of amides is 3. The lowest BCUT2D eigenvalue weighted by atomic mass is 10.0. The maximum atomic E-state index is 13.7. The summed E-state index contributed by atoms with van der Waals surface area (Å²) < 4.78 is 10.9. The molecule has 2 heterocycles. The lowest BCUT2D eigenvalue weighted by molar-refractivity contribution is -0.155. The van der Waals surface area contributed by atoms with Gasteiger partial charge in [0, 0.05) is 30.9 Å². The number of anilines is 1. The minimum absolute atomic E-state index is 0.112. The first-order valence-corrected chi connectivity index (χ1v) is 13.3. The molecule has 3 amide bonds. The molecule has 1 fully saturated rings. The predicted octanol–water partition coefficient (Wildman–Crippen LogP) is 3.57. The molecule has 9 nitrogen and oxygen atoms in total. The highest BCUT2D eigenvalue weighted by atomic mass is 32.2. The van der Waals surface area contributed by atoms with Crippen LogP contribution in [0.3, 0.4) is 0 Å². The van der Waals surface area contributed by atoms with Gasteiger partial charge in [0.1, 0.15) is 28.0 Å². The number of carbonyl (C=O) groups excluding carboxylic acids is 4. The zero-order valence-electron chi connectivity index (χ0n) is 23.0. The number of rotatable bonds is 7. The van der Waals surface area contributed by atoms with Crippen molar-refractivity contribution in [3.8, 4) is 5.75 Å². The monoisotopic (exact) mass is 531 g/mol. The number of methoxy groups -OCH3 is 1. The zero-order chi connectivity index (χ0) is 27.8. The minimum atomic E-state index is -0.951. The molecule has 2 unspecified atom stereocenters. The molecule has 0 saturated carbocycles. The third-order valence-corrected chi connectivity index (χ3v) is 7.55. The van der Waals surface area contributed by atoms with Gasteiger partial charge in [-0.2, -0.15) is 0 Å². The molecule has 0 aliphatic carbocycles. The third-order valence-electron chi connectivity index (χ3n) is 6.07. The van der Waals surface area contributed by atoms with E-state index in [0.717, 1.165) is 11.8 Å². The Morgan fingerprint density at radius 3 is 2.05 bits per heavy atom. The van der Waals surface area contributed by atoms with E-state index in [9.17, 15) is 19.2 Å². The Morgan fingerprint density at radius 2 is 1.59 bits per heavy atom. The molecule has 3 atom stereocenters. The van der Waals surface area contributed by atoms with Crippen molar-refractivity contribution in [3.05, 3.63) is 36.0 Å². The molecule has 2 aliphatic heterocycles. The summed E-state index contributed by atoms with van der Waals surface area (Å²) in [5, 5.41) is -1.51. The van der Waals surface area contributed by atoms with Crippen molar-refractivity contribution in [2.24, 2.45) is 0 Å². The van der Waals surface area contributed by atoms with Crippen molar-refractivity contribution in [3.63, 3.8) is 0 Å². The maximum absolute atomic E-state index is 13.7. The summed E-state index contributed by atoms with van der Waals surface area (Å²) in [7, 11) is 1.55. The summed E-state index contributed by atoms with van der Waals surface area (Å²) in [6, 6.07) is 5.79. The second-order valence-corrected chi connectivity index (χ2v) is 11.9. The fourth-order valence-electron chi connectivity index (χ4n) is 4.62. The molecule has 0 aromatic heterocycles. The smallest absolute Gasteiger partial charge is 0.324 e. The molecule has 1 saturated heterocycles. The zero-order valence-corrected chi connectivity index (χ0v) is 23.8. The predicted molar refractivity (Wildman–Crippen MR) is 143 cm³/mol. The summed E-state index contributed by atoms with van der Waals surface area (Å²) in [5.41, 5.74) is -0.0249. The van der Waals surface area contributed by atoms with Crippen molar-refractivity contribution < 1.29 is 28.7 Å². The van der Waals surface area contributed by atoms with Gasteiger partial charge >= 0.3 is 5.97 Å². The van der Waals surface area contributed by atoms with Gasteiger partial charge in [-0.05, 0) is 72.7 Å². The van der Waals surface area contributed by atoms with Gasteiger partial charge in [-0.1, -0.05) is 0 Å². The Hall–Kier alpha value is -3.01. The first-order valence-electron chi connectivity index (χ1n) is 12.4. The molecular weight excluding hydrogens is 494 g/mol. The molecule has 37 heavy (non-hydrogen) atoms. The van der Waals surface area contributed by atoms with E-state index in [4.69, 9.17) is 9.47 Å². The fraction of sp³-hybridized carbons (Fsp3) is 0.556. The average Bonchev–Trinajstić information content (AvgIpc) is 2.79. The molecule has 1 aromatic rings. The van der Waals surface area contributed by atoms with Gasteiger partial charge in [-0.25, -0.2) is 0 Å². The van der Waals surface area contributed by atoms with Crippen LogP contribution in [0.4, 0.5) is 5.69 Å². The maximum Gasteiger partial charge on any atom is 0.324 e. The highest BCUT2D eigenvalue weighted by Gasteiger charge is 2.57. The molecule has 202 valence electrons. The van der Waals surface area contributed by atoms with Crippen LogP contribution in [0.5, 0.6) is 5.75 Å². The topological polar surface area (TPSA) is 96.5 Å². The van der Waals surface area contributed by atoms with Crippen LogP contribution in [0.2, 0.25) is 0 Å². The van der Waals surface area contributed by atoms with Gasteiger partial charge in [-0.3, -0.25) is 24.1 Å². The number of nitrogens with zero attached hydrogens (tertiary/aromatic N) is 3. The summed E-state index contributed by atoms with van der Waals surface area (Å²) in [4.78, 5) is 57.7. The van der Waals surface area contributed by atoms with E-state index in [1.807, 2.05) is 27.7 Å². The summed E-state index contributed by atoms with van der Waals surface area (Å²) in [6.07, 6.45) is 1.47. The largest absolute Gasteiger partial charge is 0.497 e. The SMILES string of the molecule is COc1ccc(N(C(C)=O)C2C(=O)N3C=C(C(=O)N(C(C)C)C(C)C)C(C(=O)OC(C)(C)C)S[C@H]23)cc1. The number of hydrogen-bond acceptors (Lipinski definition) is 7. The quantitative estimate of drug-likeness (QED) is 0.392. The number of esters is 1. The normalized spacial score (nSPS) is 21.2. The van der Waals surface area contributed by atoms with E-state index in [0.29, 0.717) is 11.4 Å². The van der Waals surface area contributed by atoms with Crippen molar-refractivity contribution in [2.75, 3.05) is 12.0 Å². The molecule has 1 aromatic carbocycles. The summed E-state index contributed by atoms with van der Waals surface area (Å²) in [6.45, 7) is 14.3. The average molecular weight is 532 g/mol. The molecule has 0 radical (unpaired) electrons. The molecule has 0 bridgehead atoms. The number of thioether (sulfide) groups is 1. The molecular formula is C27H37N3O6S. The summed E-state index contributed by atoms with van der Waals surface area (Å²) >= 11 is 1.16. The van der Waals surface area contributed by atoms with Gasteiger partial charge < -0.3 is 19.3 Å². The van der Waals surface area contributed by atoms with Crippen molar-refractivity contribution in [1.29, 1.82) is 0 Å². The standard InChI is InChI=1S/C27H37N3O6S/c1-15(2)29(16(3)4)23(32)20-14-28-24(33)21(25(28)37-22(20)26(34)36-27(6,7)8)30(17(5)31)18-10-12-19(35-9)13-11-18/h10-16,21-22,25H,1-9H3/t21?,22?,25-/m1/s1. The Bertz CT molecular complexity index is 1080. The Kier molecular flexibility index (Phi) is 8.31. The molecule has 0 N–H and O–H groups in total. The Labute approximate surface area is 223 Å². The number of carbonyl (C=O) groups is 4. The van der Waals surface area contributed by atoms with E-state index in [1.54, 1.807) is 57.0 Å². The van der Waals surface area contributed by atoms with E-state index in [1.165, 1.54) is 22.9 Å². The van der Waals surface area contributed by atoms with Crippen LogP contribution in [-0.2, 0) is 23.9 Å². The first-order chi connectivity index (χ1) is 17.2. The van der Waals surface area contributed by atoms with Crippen molar-refractivity contribution in [2.45, 2.75) is 89.7 Å². The van der Waals surface area contributed by atoms with E-state index in [2.05, 4.69) is 0 Å². The van der Waals surface area contributed by atoms with Crippen molar-refractivity contribution >= 4 is 41.1 Å². The van der Waals surface area contributed by atoms with Gasteiger partial charge in [0.15, 0.2) is 0 Å². The van der Waals surface area contributed by atoms with E-state index >= 15 is 0 Å². The number of benzene rings is 1. The summed E-state index contributed by atoms with van der Waals surface area (Å²) in [5.74, 6) is -0.883. The molecule has 2 aliphatic rings. The van der Waals surface area contributed by atoms with Gasteiger partial charge in [0.05, 0.1) is 12.7 Å². The Morgan fingerprint density at radius 1 is 1.03 bits per heavy atom. The lowest BCUT2D eigenvalue weighted by Gasteiger charge is -2.52. The van der Waals surface area contributed by atoms with Crippen LogP contribution in [0, 0.1) is 0 Å². The second kappa shape index (κ2) is 10.8. The number of β-lactam (4-membered cyclic amide) rings is 1. The second-order valence-electron chi connectivity index (χ2n) is 10.7. The number of fused-ring (bicyclic) bond motifs is 1. The van der Waals surface area contributed by atoms with E-state index < -0.39 is 28.2 Å². The fourth-order valence-corrected chi connectivity index (χ4v) is 6.05. The van der Waals surface area contributed by atoms with Gasteiger partial charge in [0.25, 0.3) is 11.8 Å². The molecule has 3 rings (SSSR count). The number of hydrogen-bond donors (Lipinski definition) is 0. The van der Waals surface area contributed by atoms with Gasteiger partial charge in [-0.15, -0.1) is 11.8 Å². The van der Waals surface area contributed by atoms with Crippen LogP contribution in [0.25, 0.3) is 0 Å². The van der Waals surface area contributed by atoms with Crippen LogP contribution in [0.1, 0.15) is 55.4 Å². The van der Waals surface area contributed by atoms with Crippen LogP contribution in [0.15, 0.2) is 36.0 Å². The lowest BCUT2D eigenvalue weighted by Crippen LogP contribution is -2.70. The van der Waals surface area contributed by atoms with E-state index in [-0.39, 0.29) is 35.4 Å². The highest BCUT2D eigenvalue weighted by molar-refractivity contribution is 8.01.